The standard InChI is InChI=1S/C16H19N3O2/c1-11-4-5-12(3-2-8-17)9-14(11)16(21)19-13-6-7-15(20)18-10-13/h4-5,9,13H,6-8,10,17H2,1H3,(H,18,20)(H,19,21). The highest BCUT2D eigenvalue weighted by molar-refractivity contribution is 5.96. The zero-order valence-electron chi connectivity index (χ0n) is 12.0. The summed E-state index contributed by atoms with van der Waals surface area (Å²) in [6.07, 6.45) is 1.12. The molecule has 0 aromatic heterocycles. The predicted molar refractivity (Wildman–Crippen MR) is 80.6 cm³/mol. The molecule has 1 aromatic rings. The van der Waals surface area contributed by atoms with Crippen LogP contribution < -0.4 is 16.4 Å². The Hall–Kier alpha value is -2.32. The summed E-state index contributed by atoms with van der Waals surface area (Å²) in [5, 5.41) is 5.71. The minimum absolute atomic E-state index is 0.0200. The zero-order valence-corrected chi connectivity index (χ0v) is 12.0. The van der Waals surface area contributed by atoms with Crippen molar-refractivity contribution >= 4 is 11.8 Å². The molecule has 0 saturated carbocycles. The minimum atomic E-state index is -0.134. The third kappa shape index (κ3) is 4.07. The van der Waals surface area contributed by atoms with E-state index in [0.717, 1.165) is 11.1 Å². The molecule has 1 aromatic carbocycles. The summed E-state index contributed by atoms with van der Waals surface area (Å²) in [5.41, 5.74) is 7.62. The molecule has 0 spiro atoms. The van der Waals surface area contributed by atoms with Crippen LogP contribution in [0.3, 0.4) is 0 Å². The van der Waals surface area contributed by atoms with Crippen LogP contribution in [0.1, 0.15) is 34.3 Å². The number of carbonyl (C=O) groups is 2. The number of hydrogen-bond donors (Lipinski definition) is 3. The molecule has 2 rings (SSSR count). The molecule has 5 heteroatoms. The molecular formula is C16H19N3O2. The van der Waals surface area contributed by atoms with E-state index in [0.29, 0.717) is 24.9 Å². The third-order valence-corrected chi connectivity index (χ3v) is 3.42. The molecule has 0 radical (unpaired) electrons. The number of benzene rings is 1. The van der Waals surface area contributed by atoms with E-state index in [-0.39, 0.29) is 24.4 Å². The van der Waals surface area contributed by atoms with Crippen LogP contribution in [0.25, 0.3) is 0 Å². The van der Waals surface area contributed by atoms with Crippen molar-refractivity contribution in [3.8, 4) is 11.8 Å². The second-order valence-electron chi connectivity index (χ2n) is 5.05. The number of nitrogens with two attached hydrogens (primary N) is 1. The van der Waals surface area contributed by atoms with Gasteiger partial charge in [-0.1, -0.05) is 17.9 Å². The monoisotopic (exact) mass is 285 g/mol. The zero-order chi connectivity index (χ0) is 15.2. The molecule has 4 N–H and O–H groups in total. The van der Waals surface area contributed by atoms with Crippen molar-refractivity contribution in [1.82, 2.24) is 10.6 Å². The first-order valence-electron chi connectivity index (χ1n) is 6.97. The van der Waals surface area contributed by atoms with Gasteiger partial charge in [-0.3, -0.25) is 9.59 Å². The van der Waals surface area contributed by atoms with Gasteiger partial charge in [-0.15, -0.1) is 0 Å². The number of rotatable bonds is 2. The molecule has 2 amide bonds. The van der Waals surface area contributed by atoms with Crippen molar-refractivity contribution in [2.75, 3.05) is 13.1 Å². The van der Waals surface area contributed by atoms with E-state index >= 15 is 0 Å². The van der Waals surface area contributed by atoms with Crippen LogP contribution in [-0.4, -0.2) is 30.9 Å². The molecule has 1 aliphatic rings. The molecule has 0 aliphatic carbocycles. The van der Waals surface area contributed by atoms with Crippen molar-refractivity contribution in [1.29, 1.82) is 0 Å². The van der Waals surface area contributed by atoms with Crippen molar-refractivity contribution in [3.63, 3.8) is 0 Å². The van der Waals surface area contributed by atoms with Crippen molar-refractivity contribution in [2.24, 2.45) is 5.73 Å². The van der Waals surface area contributed by atoms with Gasteiger partial charge in [-0.05, 0) is 31.0 Å². The Bertz CT molecular complexity index is 604. The van der Waals surface area contributed by atoms with Crippen LogP contribution in [-0.2, 0) is 4.79 Å². The fourth-order valence-corrected chi connectivity index (χ4v) is 2.22. The number of carbonyl (C=O) groups excluding carboxylic acids is 2. The fourth-order valence-electron chi connectivity index (χ4n) is 2.22. The minimum Gasteiger partial charge on any atom is -0.354 e. The maximum Gasteiger partial charge on any atom is 0.251 e. The summed E-state index contributed by atoms with van der Waals surface area (Å²) in [6, 6.07) is 5.50. The lowest BCUT2D eigenvalue weighted by molar-refractivity contribution is -0.122. The second-order valence-corrected chi connectivity index (χ2v) is 5.05. The lowest BCUT2D eigenvalue weighted by Gasteiger charge is -2.23. The van der Waals surface area contributed by atoms with Crippen LogP contribution in [0.2, 0.25) is 0 Å². The third-order valence-electron chi connectivity index (χ3n) is 3.42. The van der Waals surface area contributed by atoms with Gasteiger partial charge in [0.1, 0.15) is 0 Å². The second kappa shape index (κ2) is 6.91. The van der Waals surface area contributed by atoms with E-state index in [9.17, 15) is 9.59 Å². The van der Waals surface area contributed by atoms with Gasteiger partial charge in [-0.2, -0.15) is 0 Å². The molecule has 1 atom stereocenters. The number of hydrogen-bond acceptors (Lipinski definition) is 3. The number of amides is 2. The lowest BCUT2D eigenvalue weighted by Crippen LogP contribution is -2.47. The van der Waals surface area contributed by atoms with Crippen molar-refractivity contribution in [3.05, 3.63) is 34.9 Å². The maximum atomic E-state index is 12.3. The summed E-state index contributed by atoms with van der Waals surface area (Å²) in [7, 11) is 0. The van der Waals surface area contributed by atoms with E-state index in [2.05, 4.69) is 22.5 Å². The van der Waals surface area contributed by atoms with Gasteiger partial charge in [0.15, 0.2) is 0 Å². The van der Waals surface area contributed by atoms with E-state index in [1.54, 1.807) is 6.07 Å². The Morgan fingerprint density at radius 1 is 1.52 bits per heavy atom. The molecule has 110 valence electrons. The number of nitrogens with one attached hydrogen (secondary N) is 2. The first-order chi connectivity index (χ1) is 10.1. The quantitative estimate of drug-likeness (QED) is 0.684. The van der Waals surface area contributed by atoms with Gasteiger partial charge >= 0.3 is 0 Å². The summed E-state index contributed by atoms with van der Waals surface area (Å²) in [6.45, 7) is 2.66. The Balaban J connectivity index is 2.09. The average molecular weight is 285 g/mol. The SMILES string of the molecule is Cc1ccc(C#CCN)cc1C(=O)NC1CCC(=O)NC1. The number of piperidine rings is 1. The Morgan fingerprint density at radius 3 is 3.00 bits per heavy atom. The van der Waals surface area contributed by atoms with Crippen molar-refractivity contribution < 1.29 is 9.59 Å². The summed E-state index contributed by atoms with van der Waals surface area (Å²) < 4.78 is 0. The van der Waals surface area contributed by atoms with Crippen LogP contribution in [0.4, 0.5) is 0 Å². The predicted octanol–water partition coefficient (Wildman–Crippen LogP) is 0.314. The Kier molecular flexibility index (Phi) is 4.96. The highest BCUT2D eigenvalue weighted by Gasteiger charge is 2.20. The van der Waals surface area contributed by atoms with Gasteiger partial charge in [0, 0.05) is 30.1 Å². The van der Waals surface area contributed by atoms with Crippen LogP contribution in [0.5, 0.6) is 0 Å². The summed E-state index contributed by atoms with van der Waals surface area (Å²) in [5.74, 6) is 5.60. The molecule has 1 aliphatic heterocycles. The normalized spacial score (nSPS) is 17.4. The molecule has 21 heavy (non-hydrogen) atoms. The van der Waals surface area contributed by atoms with E-state index in [1.807, 2.05) is 19.1 Å². The number of aryl methyl sites for hydroxylation is 1. The van der Waals surface area contributed by atoms with Gasteiger partial charge in [-0.25, -0.2) is 0 Å². The molecule has 1 saturated heterocycles. The lowest BCUT2D eigenvalue weighted by atomic mass is 10.0. The molecule has 1 heterocycles. The summed E-state index contributed by atoms with van der Waals surface area (Å²) in [4.78, 5) is 23.5. The molecule has 5 nitrogen and oxygen atoms in total. The highest BCUT2D eigenvalue weighted by Crippen LogP contribution is 2.12. The van der Waals surface area contributed by atoms with Gasteiger partial charge < -0.3 is 16.4 Å². The molecule has 0 bridgehead atoms. The molecule has 1 fully saturated rings. The topological polar surface area (TPSA) is 84.2 Å². The summed E-state index contributed by atoms with van der Waals surface area (Å²) >= 11 is 0. The highest BCUT2D eigenvalue weighted by atomic mass is 16.2. The van der Waals surface area contributed by atoms with E-state index < -0.39 is 0 Å². The molecular weight excluding hydrogens is 266 g/mol. The average Bonchev–Trinajstić information content (AvgIpc) is 2.48. The van der Waals surface area contributed by atoms with E-state index in [4.69, 9.17) is 5.73 Å². The fraction of sp³-hybridized carbons (Fsp3) is 0.375. The van der Waals surface area contributed by atoms with Gasteiger partial charge in [0.05, 0.1) is 6.54 Å². The maximum absolute atomic E-state index is 12.3. The Morgan fingerprint density at radius 2 is 2.33 bits per heavy atom. The van der Waals surface area contributed by atoms with Gasteiger partial charge in [0.25, 0.3) is 5.91 Å². The van der Waals surface area contributed by atoms with Crippen molar-refractivity contribution in [2.45, 2.75) is 25.8 Å². The molecule has 1 unspecified atom stereocenters. The van der Waals surface area contributed by atoms with Gasteiger partial charge in [0.2, 0.25) is 5.91 Å². The van der Waals surface area contributed by atoms with Crippen LogP contribution in [0.15, 0.2) is 18.2 Å². The first-order valence-corrected chi connectivity index (χ1v) is 6.97. The smallest absolute Gasteiger partial charge is 0.251 e. The largest absolute Gasteiger partial charge is 0.354 e. The van der Waals surface area contributed by atoms with E-state index in [1.165, 1.54) is 0 Å². The van der Waals surface area contributed by atoms with Crippen LogP contribution in [0, 0.1) is 18.8 Å². The Labute approximate surface area is 124 Å². The van der Waals surface area contributed by atoms with Crippen LogP contribution >= 0.6 is 0 Å². The first kappa shape index (κ1) is 15.1.